The molecule has 0 aromatic carbocycles. The second kappa shape index (κ2) is 6.87. The molecule has 2 heterocycles. The average Bonchev–Trinajstić information content (AvgIpc) is 3.04. The Kier molecular flexibility index (Phi) is 5.41. The van der Waals surface area contributed by atoms with Crippen molar-refractivity contribution in [1.82, 2.24) is 9.88 Å². The first-order valence-electron chi connectivity index (χ1n) is 7.71. The lowest BCUT2D eigenvalue weighted by atomic mass is 10.1. The molecule has 0 radical (unpaired) electrons. The standard InChI is InChI=1S/C15H28N4S/c1-5-19-8-6-7-12(19)10-18(4)15-17-14(11(2)3)13(9-16)20-15/h11-12H,5-10,16H2,1-4H3. The lowest BCUT2D eigenvalue weighted by Crippen LogP contribution is -2.38. The molecule has 1 fully saturated rings. The maximum absolute atomic E-state index is 5.85. The summed E-state index contributed by atoms with van der Waals surface area (Å²) in [4.78, 5) is 11.0. The summed E-state index contributed by atoms with van der Waals surface area (Å²) >= 11 is 1.76. The highest BCUT2D eigenvalue weighted by Crippen LogP contribution is 2.30. The molecule has 0 saturated carbocycles. The quantitative estimate of drug-likeness (QED) is 0.876. The molecule has 1 atom stereocenters. The summed E-state index contributed by atoms with van der Waals surface area (Å²) in [5.41, 5.74) is 7.03. The van der Waals surface area contributed by atoms with Crippen LogP contribution in [0.5, 0.6) is 0 Å². The van der Waals surface area contributed by atoms with Gasteiger partial charge in [0, 0.05) is 31.1 Å². The Balaban J connectivity index is 2.07. The molecule has 1 aromatic heterocycles. The lowest BCUT2D eigenvalue weighted by Gasteiger charge is -2.27. The van der Waals surface area contributed by atoms with E-state index in [0.717, 1.165) is 18.2 Å². The molecule has 1 aliphatic rings. The van der Waals surface area contributed by atoms with Crippen molar-refractivity contribution >= 4 is 16.5 Å². The molecule has 1 saturated heterocycles. The molecule has 0 aliphatic carbocycles. The number of anilines is 1. The zero-order chi connectivity index (χ0) is 14.7. The van der Waals surface area contributed by atoms with E-state index in [4.69, 9.17) is 10.7 Å². The third-order valence-corrected chi connectivity index (χ3v) is 5.37. The Labute approximate surface area is 127 Å². The molecule has 1 aliphatic heterocycles. The van der Waals surface area contributed by atoms with Gasteiger partial charge < -0.3 is 10.6 Å². The normalized spacial score (nSPS) is 20.0. The minimum absolute atomic E-state index is 0.450. The van der Waals surface area contributed by atoms with Gasteiger partial charge in [-0.1, -0.05) is 20.8 Å². The maximum Gasteiger partial charge on any atom is 0.185 e. The molecule has 20 heavy (non-hydrogen) atoms. The molecule has 2 N–H and O–H groups in total. The van der Waals surface area contributed by atoms with E-state index in [1.165, 1.54) is 30.0 Å². The van der Waals surface area contributed by atoms with Crippen LogP contribution in [0.25, 0.3) is 0 Å². The Morgan fingerprint density at radius 1 is 1.50 bits per heavy atom. The highest BCUT2D eigenvalue weighted by Gasteiger charge is 2.25. The van der Waals surface area contributed by atoms with Crippen LogP contribution < -0.4 is 10.6 Å². The predicted octanol–water partition coefficient (Wildman–Crippen LogP) is 2.65. The van der Waals surface area contributed by atoms with Crippen molar-refractivity contribution in [3.8, 4) is 0 Å². The van der Waals surface area contributed by atoms with E-state index in [1.807, 2.05) is 0 Å². The maximum atomic E-state index is 5.85. The van der Waals surface area contributed by atoms with Crippen molar-refractivity contribution in [3.05, 3.63) is 10.6 Å². The van der Waals surface area contributed by atoms with Gasteiger partial charge in [0.1, 0.15) is 0 Å². The number of nitrogens with zero attached hydrogens (tertiary/aromatic N) is 3. The number of nitrogens with two attached hydrogens (primary N) is 1. The van der Waals surface area contributed by atoms with Crippen molar-refractivity contribution in [1.29, 1.82) is 0 Å². The van der Waals surface area contributed by atoms with E-state index in [-0.39, 0.29) is 0 Å². The monoisotopic (exact) mass is 296 g/mol. The first-order valence-corrected chi connectivity index (χ1v) is 8.53. The van der Waals surface area contributed by atoms with Crippen molar-refractivity contribution in [2.24, 2.45) is 5.73 Å². The zero-order valence-electron chi connectivity index (χ0n) is 13.2. The van der Waals surface area contributed by atoms with Crippen LogP contribution in [0.4, 0.5) is 5.13 Å². The largest absolute Gasteiger partial charge is 0.350 e. The molecule has 0 spiro atoms. The lowest BCUT2D eigenvalue weighted by molar-refractivity contribution is 0.270. The van der Waals surface area contributed by atoms with Crippen LogP contribution in [-0.4, -0.2) is 42.6 Å². The summed E-state index contributed by atoms with van der Waals surface area (Å²) in [5, 5.41) is 1.12. The van der Waals surface area contributed by atoms with Gasteiger partial charge in [0.25, 0.3) is 0 Å². The third-order valence-electron chi connectivity index (χ3n) is 4.16. The van der Waals surface area contributed by atoms with Crippen LogP contribution >= 0.6 is 11.3 Å². The molecule has 1 aromatic rings. The van der Waals surface area contributed by atoms with Gasteiger partial charge in [0.2, 0.25) is 0 Å². The summed E-state index contributed by atoms with van der Waals surface area (Å²) in [6.07, 6.45) is 2.64. The second-order valence-corrected chi connectivity index (χ2v) is 7.03. The van der Waals surface area contributed by atoms with Gasteiger partial charge in [-0.3, -0.25) is 4.90 Å². The van der Waals surface area contributed by atoms with Crippen LogP contribution in [-0.2, 0) is 6.54 Å². The fourth-order valence-electron chi connectivity index (χ4n) is 3.02. The Bertz CT molecular complexity index is 430. The number of likely N-dealkylation sites (tertiary alicyclic amines) is 1. The summed E-state index contributed by atoms with van der Waals surface area (Å²) in [6, 6.07) is 0.678. The highest BCUT2D eigenvalue weighted by molar-refractivity contribution is 7.15. The average molecular weight is 296 g/mol. The van der Waals surface area contributed by atoms with Crippen LogP contribution in [0.3, 0.4) is 0 Å². The minimum atomic E-state index is 0.450. The van der Waals surface area contributed by atoms with Crippen molar-refractivity contribution in [2.75, 3.05) is 31.6 Å². The SMILES string of the molecule is CCN1CCCC1CN(C)c1nc(C(C)C)c(CN)s1. The predicted molar refractivity (Wildman–Crippen MR) is 87.6 cm³/mol. The van der Waals surface area contributed by atoms with E-state index >= 15 is 0 Å². The highest BCUT2D eigenvalue weighted by atomic mass is 32.1. The summed E-state index contributed by atoms with van der Waals surface area (Å²) in [5.74, 6) is 0.450. The van der Waals surface area contributed by atoms with Gasteiger partial charge in [0.15, 0.2) is 5.13 Å². The minimum Gasteiger partial charge on any atom is -0.350 e. The smallest absolute Gasteiger partial charge is 0.185 e. The molecule has 0 amide bonds. The molecular weight excluding hydrogens is 268 g/mol. The number of hydrogen-bond donors (Lipinski definition) is 1. The van der Waals surface area contributed by atoms with Crippen LogP contribution in [0.1, 0.15) is 50.1 Å². The van der Waals surface area contributed by atoms with Crippen molar-refractivity contribution < 1.29 is 0 Å². The summed E-state index contributed by atoms with van der Waals surface area (Å²) in [6.45, 7) is 10.7. The van der Waals surface area contributed by atoms with Crippen LogP contribution in [0.15, 0.2) is 0 Å². The number of likely N-dealkylation sites (N-methyl/N-ethyl adjacent to an activating group) is 2. The van der Waals surface area contributed by atoms with E-state index < -0.39 is 0 Å². The molecule has 0 bridgehead atoms. The molecule has 5 heteroatoms. The van der Waals surface area contributed by atoms with E-state index in [1.54, 1.807) is 11.3 Å². The van der Waals surface area contributed by atoms with Crippen LogP contribution in [0, 0.1) is 0 Å². The molecule has 114 valence electrons. The second-order valence-electron chi connectivity index (χ2n) is 5.97. The van der Waals surface area contributed by atoms with Gasteiger partial charge in [-0.25, -0.2) is 4.98 Å². The number of hydrogen-bond acceptors (Lipinski definition) is 5. The summed E-state index contributed by atoms with van der Waals surface area (Å²) in [7, 11) is 2.16. The number of rotatable bonds is 6. The number of aromatic nitrogens is 1. The topological polar surface area (TPSA) is 45.4 Å². The fraction of sp³-hybridized carbons (Fsp3) is 0.800. The van der Waals surface area contributed by atoms with Gasteiger partial charge in [-0.15, -0.1) is 11.3 Å². The van der Waals surface area contributed by atoms with E-state index in [9.17, 15) is 0 Å². The number of thiazole rings is 1. The Morgan fingerprint density at radius 2 is 2.25 bits per heavy atom. The molecule has 4 nitrogen and oxygen atoms in total. The van der Waals surface area contributed by atoms with E-state index in [2.05, 4.69) is 37.6 Å². The van der Waals surface area contributed by atoms with Crippen molar-refractivity contribution in [3.63, 3.8) is 0 Å². The van der Waals surface area contributed by atoms with E-state index in [0.29, 0.717) is 18.5 Å². The summed E-state index contributed by atoms with van der Waals surface area (Å²) < 4.78 is 0. The molecule has 1 unspecified atom stereocenters. The Hall–Kier alpha value is -0.650. The Morgan fingerprint density at radius 3 is 2.80 bits per heavy atom. The third kappa shape index (κ3) is 3.32. The fourth-order valence-corrected chi connectivity index (χ4v) is 4.09. The molecular formula is C15H28N4S. The first kappa shape index (κ1) is 15.7. The van der Waals surface area contributed by atoms with Crippen molar-refractivity contribution in [2.45, 2.75) is 52.1 Å². The van der Waals surface area contributed by atoms with Gasteiger partial charge in [-0.2, -0.15) is 0 Å². The first-order chi connectivity index (χ1) is 9.56. The van der Waals surface area contributed by atoms with Gasteiger partial charge >= 0.3 is 0 Å². The molecule has 2 rings (SSSR count). The van der Waals surface area contributed by atoms with Gasteiger partial charge in [-0.05, 0) is 31.8 Å². The van der Waals surface area contributed by atoms with Gasteiger partial charge in [0.05, 0.1) is 5.69 Å². The van der Waals surface area contributed by atoms with Crippen LogP contribution in [0.2, 0.25) is 0 Å². The zero-order valence-corrected chi connectivity index (χ0v) is 14.0.